The van der Waals surface area contributed by atoms with Crippen LogP contribution in [0.5, 0.6) is 0 Å². The van der Waals surface area contributed by atoms with Gasteiger partial charge in [-0.25, -0.2) is 0 Å². The van der Waals surface area contributed by atoms with Gasteiger partial charge < -0.3 is 0 Å². The summed E-state index contributed by atoms with van der Waals surface area (Å²) in [6, 6.07) is 3.59. The minimum atomic E-state index is -4.48. The highest BCUT2D eigenvalue weighted by molar-refractivity contribution is 9.10. The van der Waals surface area contributed by atoms with Crippen LogP contribution in [0.25, 0.3) is 0 Å². The summed E-state index contributed by atoms with van der Waals surface area (Å²) in [5.41, 5.74) is -0.728. The second-order valence-corrected chi connectivity index (χ2v) is 6.07. The third-order valence-corrected chi connectivity index (χ3v) is 3.66. The molecule has 1 unspecified atom stereocenters. The van der Waals surface area contributed by atoms with E-state index >= 15 is 0 Å². The number of hydrogen-bond acceptors (Lipinski definition) is 1. The van der Waals surface area contributed by atoms with Crippen molar-refractivity contribution in [1.29, 1.82) is 0 Å². The summed E-state index contributed by atoms with van der Waals surface area (Å²) in [7, 11) is 0. The number of ketones is 1. The minimum absolute atomic E-state index is 0.0109. The second kappa shape index (κ2) is 6.27. The van der Waals surface area contributed by atoms with Gasteiger partial charge in [-0.05, 0) is 24.1 Å². The fourth-order valence-electron chi connectivity index (χ4n) is 1.65. The molecule has 6 heteroatoms. The Balaban J connectivity index is 3.05. The van der Waals surface area contributed by atoms with E-state index in [2.05, 4.69) is 15.9 Å². The minimum Gasteiger partial charge on any atom is -0.298 e. The fourth-order valence-corrected chi connectivity index (χ4v) is 2.70. The Kier molecular flexibility index (Phi) is 5.44. The third kappa shape index (κ3) is 4.49. The first-order valence-corrected chi connectivity index (χ1v) is 6.95. The van der Waals surface area contributed by atoms with Gasteiger partial charge in [0.15, 0.2) is 0 Å². The molecule has 0 radical (unpaired) electrons. The van der Waals surface area contributed by atoms with Crippen LogP contribution in [-0.4, -0.2) is 10.6 Å². The van der Waals surface area contributed by atoms with Crippen molar-refractivity contribution >= 4 is 33.3 Å². The van der Waals surface area contributed by atoms with Gasteiger partial charge in [-0.3, -0.25) is 4.79 Å². The van der Waals surface area contributed by atoms with E-state index in [1.165, 1.54) is 12.1 Å². The van der Waals surface area contributed by atoms with Gasteiger partial charge >= 0.3 is 6.18 Å². The Bertz CT molecular complexity index is 471. The maximum atomic E-state index is 12.9. The quantitative estimate of drug-likeness (QED) is 0.701. The molecule has 0 aliphatic heterocycles. The molecule has 1 aromatic carbocycles. The lowest BCUT2D eigenvalue weighted by atomic mass is 9.97. The van der Waals surface area contributed by atoms with E-state index in [9.17, 15) is 18.0 Å². The molecule has 1 nitrogen and oxygen atoms in total. The molecule has 106 valence electrons. The van der Waals surface area contributed by atoms with Crippen LogP contribution >= 0.6 is 27.5 Å². The first-order valence-electron chi connectivity index (χ1n) is 5.66. The van der Waals surface area contributed by atoms with Crippen molar-refractivity contribution in [3.8, 4) is 0 Å². The molecule has 0 spiro atoms. The molecule has 0 amide bonds. The van der Waals surface area contributed by atoms with Crippen molar-refractivity contribution in [1.82, 2.24) is 0 Å². The van der Waals surface area contributed by atoms with E-state index in [1.54, 1.807) is 13.8 Å². The molecular weight excluding hydrogens is 344 g/mol. The Morgan fingerprint density at radius 1 is 1.37 bits per heavy atom. The number of carbonyl (C=O) groups is 1. The van der Waals surface area contributed by atoms with E-state index in [1.807, 2.05) is 0 Å². The molecule has 0 saturated carbocycles. The summed E-state index contributed by atoms with van der Waals surface area (Å²) < 4.78 is 38.6. The second-order valence-electron chi connectivity index (χ2n) is 4.53. The van der Waals surface area contributed by atoms with Gasteiger partial charge in [-0.1, -0.05) is 47.4 Å². The number of benzene rings is 1. The number of hydrogen-bond donors (Lipinski definition) is 0. The lowest BCUT2D eigenvalue weighted by Crippen LogP contribution is -2.23. The molecule has 0 bridgehead atoms. The molecule has 0 heterocycles. The van der Waals surface area contributed by atoms with E-state index in [4.69, 9.17) is 11.6 Å². The zero-order chi connectivity index (χ0) is 14.8. The smallest absolute Gasteiger partial charge is 0.298 e. The van der Waals surface area contributed by atoms with Crippen molar-refractivity contribution < 1.29 is 18.0 Å². The van der Waals surface area contributed by atoms with Crippen LogP contribution in [0.15, 0.2) is 18.2 Å². The molecule has 0 fully saturated rings. The van der Waals surface area contributed by atoms with E-state index in [0.29, 0.717) is 0 Å². The average molecular weight is 358 g/mol. The van der Waals surface area contributed by atoms with Crippen LogP contribution in [0.2, 0.25) is 5.02 Å². The summed E-state index contributed by atoms with van der Waals surface area (Å²) in [6.07, 6.45) is -4.49. The van der Waals surface area contributed by atoms with Crippen LogP contribution < -0.4 is 0 Å². The van der Waals surface area contributed by atoms with Crippen molar-refractivity contribution in [2.24, 2.45) is 5.92 Å². The Morgan fingerprint density at radius 2 is 1.95 bits per heavy atom. The van der Waals surface area contributed by atoms with Gasteiger partial charge in [0.05, 0.1) is 10.4 Å². The maximum absolute atomic E-state index is 12.9. The number of rotatable bonds is 4. The van der Waals surface area contributed by atoms with Gasteiger partial charge in [-0.15, -0.1) is 0 Å². The summed E-state index contributed by atoms with van der Waals surface area (Å²) >= 11 is 8.74. The van der Waals surface area contributed by atoms with Gasteiger partial charge in [0.25, 0.3) is 0 Å². The van der Waals surface area contributed by atoms with Crippen molar-refractivity contribution in [2.45, 2.75) is 31.3 Å². The van der Waals surface area contributed by atoms with Gasteiger partial charge in [0, 0.05) is 10.9 Å². The highest BCUT2D eigenvalue weighted by Crippen LogP contribution is 2.35. The number of Topliss-reactive ketones (excluding diaryl/α,β-unsaturated/α-hetero) is 1. The molecule has 0 saturated heterocycles. The summed E-state index contributed by atoms with van der Waals surface area (Å²) in [4.78, 5) is 11.1. The predicted molar refractivity (Wildman–Crippen MR) is 72.7 cm³/mol. The van der Waals surface area contributed by atoms with Crippen LogP contribution in [0.4, 0.5) is 13.2 Å². The van der Waals surface area contributed by atoms with Crippen molar-refractivity contribution in [2.75, 3.05) is 0 Å². The molecule has 1 aromatic rings. The highest BCUT2D eigenvalue weighted by atomic mass is 79.9. The first kappa shape index (κ1) is 16.5. The third-order valence-electron chi connectivity index (χ3n) is 2.65. The molecule has 1 rings (SSSR count). The summed E-state index contributed by atoms with van der Waals surface area (Å²) in [5.74, 6) is -0.353. The first-order chi connectivity index (χ1) is 8.62. The number of carbonyl (C=O) groups excluding carboxylic acids is 1. The highest BCUT2D eigenvalue weighted by Gasteiger charge is 2.34. The monoisotopic (exact) mass is 356 g/mol. The largest absolute Gasteiger partial charge is 0.416 e. The van der Waals surface area contributed by atoms with Crippen molar-refractivity contribution in [3.63, 3.8) is 0 Å². The molecule has 0 aliphatic carbocycles. The zero-order valence-electron chi connectivity index (χ0n) is 10.4. The number of halogens is 5. The summed E-state index contributed by atoms with van der Waals surface area (Å²) in [6.45, 7) is 3.42. The molecule has 1 atom stereocenters. The topological polar surface area (TPSA) is 17.1 Å². The molecule has 0 aliphatic rings. The predicted octanol–water partition coefficient (Wildman–Crippen LogP) is 4.89. The molecule has 0 N–H and O–H groups in total. The van der Waals surface area contributed by atoms with E-state index in [0.717, 1.165) is 6.07 Å². The fraction of sp³-hybridized carbons (Fsp3) is 0.462. The van der Waals surface area contributed by atoms with Gasteiger partial charge in [-0.2, -0.15) is 13.2 Å². The van der Waals surface area contributed by atoms with Crippen LogP contribution in [0.1, 0.15) is 25.0 Å². The summed E-state index contributed by atoms with van der Waals surface area (Å²) in [5, 5.41) is 0.0254. The van der Waals surface area contributed by atoms with Crippen LogP contribution in [-0.2, 0) is 17.4 Å². The van der Waals surface area contributed by atoms with Gasteiger partial charge in [0.2, 0.25) is 0 Å². The zero-order valence-corrected chi connectivity index (χ0v) is 12.7. The van der Waals surface area contributed by atoms with E-state index < -0.39 is 16.6 Å². The van der Waals surface area contributed by atoms with E-state index in [-0.39, 0.29) is 28.7 Å². The van der Waals surface area contributed by atoms with Crippen molar-refractivity contribution in [3.05, 3.63) is 34.3 Å². The SMILES string of the molecule is CC(C)C(=O)C(Br)Cc1ccc(Cl)cc1C(F)(F)F. The Morgan fingerprint density at radius 3 is 2.42 bits per heavy atom. The lowest BCUT2D eigenvalue weighted by Gasteiger charge is -2.16. The van der Waals surface area contributed by atoms with Crippen LogP contribution in [0, 0.1) is 5.92 Å². The Hall–Kier alpha value is -0.550. The lowest BCUT2D eigenvalue weighted by molar-refractivity contribution is -0.138. The molecule has 19 heavy (non-hydrogen) atoms. The molecular formula is C13H13BrClF3O. The standard InChI is InChI=1S/C13H13BrClF3O/c1-7(2)12(19)11(14)5-8-3-4-9(15)6-10(8)13(16,17)18/h3-4,6-7,11H,5H2,1-2H3. The Labute approximate surface area is 123 Å². The van der Waals surface area contributed by atoms with Gasteiger partial charge in [0.1, 0.15) is 5.78 Å². The maximum Gasteiger partial charge on any atom is 0.416 e. The molecule has 0 aromatic heterocycles. The number of alkyl halides is 4. The normalized spacial score (nSPS) is 13.7. The average Bonchev–Trinajstić information content (AvgIpc) is 2.28. The van der Waals surface area contributed by atoms with Crippen LogP contribution in [0.3, 0.4) is 0 Å².